The average Bonchev–Trinajstić information content (AvgIpc) is 3.03. The minimum absolute atomic E-state index is 0.0408. The Morgan fingerprint density at radius 2 is 1.50 bits per heavy atom. The molecular formula is C22H27ClN2O5S2. The second kappa shape index (κ2) is 9.91. The lowest BCUT2D eigenvalue weighted by atomic mass is 10.1. The Balaban J connectivity index is 1.81. The molecule has 0 unspecified atom stereocenters. The number of amides is 1. The van der Waals surface area contributed by atoms with Crippen LogP contribution in [0.2, 0.25) is 5.02 Å². The van der Waals surface area contributed by atoms with Gasteiger partial charge in [-0.2, -0.15) is 4.31 Å². The van der Waals surface area contributed by atoms with Crippen LogP contribution in [-0.2, 0) is 19.9 Å². The molecule has 0 aromatic heterocycles. The fourth-order valence-electron chi connectivity index (χ4n) is 3.63. The number of nitrogens with one attached hydrogen (secondary N) is 1. The van der Waals surface area contributed by atoms with E-state index in [1.807, 2.05) is 0 Å². The zero-order valence-corrected chi connectivity index (χ0v) is 20.4. The molecule has 7 nitrogen and oxygen atoms in total. The smallest absolute Gasteiger partial charge is 0.253 e. The molecule has 10 heteroatoms. The molecule has 1 amide bonds. The molecule has 2 aromatic rings. The molecule has 1 aliphatic rings. The zero-order valence-electron chi connectivity index (χ0n) is 18.0. The number of carbonyl (C=O) groups excluding carboxylic acids is 1. The minimum atomic E-state index is -3.72. The maximum atomic E-state index is 13.1. The largest absolute Gasteiger partial charge is 0.345 e. The first-order valence-electron chi connectivity index (χ1n) is 10.4. The summed E-state index contributed by atoms with van der Waals surface area (Å²) in [6.07, 6.45) is 4.76. The number of rotatable bonds is 6. The Labute approximate surface area is 194 Å². The highest BCUT2D eigenvalue weighted by atomic mass is 35.5. The summed E-state index contributed by atoms with van der Waals surface area (Å²) >= 11 is 6.22. The van der Waals surface area contributed by atoms with E-state index in [-0.39, 0.29) is 20.4 Å². The first-order chi connectivity index (χ1) is 15.0. The van der Waals surface area contributed by atoms with Gasteiger partial charge in [-0.1, -0.05) is 36.6 Å². The van der Waals surface area contributed by atoms with Crippen LogP contribution < -0.4 is 5.32 Å². The van der Waals surface area contributed by atoms with Gasteiger partial charge in [0.1, 0.15) is 0 Å². The van der Waals surface area contributed by atoms with Crippen LogP contribution in [0.15, 0.2) is 52.3 Å². The molecule has 0 saturated carbocycles. The van der Waals surface area contributed by atoms with E-state index >= 15 is 0 Å². The van der Waals surface area contributed by atoms with Crippen molar-refractivity contribution in [1.82, 2.24) is 9.62 Å². The number of sulfone groups is 1. The molecule has 1 N–H and O–H groups in total. The second-order valence-electron chi connectivity index (χ2n) is 8.00. The number of carbonyl (C=O) groups is 1. The van der Waals surface area contributed by atoms with E-state index < -0.39 is 31.8 Å². The third-order valence-corrected chi connectivity index (χ3v) is 8.89. The molecule has 1 aliphatic heterocycles. The van der Waals surface area contributed by atoms with Crippen molar-refractivity contribution in [2.24, 2.45) is 0 Å². The predicted molar refractivity (Wildman–Crippen MR) is 124 cm³/mol. The molecule has 174 valence electrons. The van der Waals surface area contributed by atoms with Crippen molar-refractivity contribution < 1.29 is 21.6 Å². The van der Waals surface area contributed by atoms with Gasteiger partial charge in [0, 0.05) is 19.3 Å². The number of hydrogen-bond acceptors (Lipinski definition) is 5. The standard InChI is InChI=1S/C22H27ClN2O5S2/c1-16(17-7-9-18(10-8-17)31(2,27)28)24-22(26)20-15-19(11-12-21(20)23)32(29,30)25-13-5-3-4-6-14-25/h7-12,15-16H,3-6,13-14H2,1-2H3,(H,24,26)/t16-/m1/s1. The van der Waals surface area contributed by atoms with Crippen LogP contribution in [0.25, 0.3) is 0 Å². The molecule has 1 atom stereocenters. The fraction of sp³-hybridized carbons (Fsp3) is 0.409. The van der Waals surface area contributed by atoms with Gasteiger partial charge in [0.15, 0.2) is 9.84 Å². The lowest BCUT2D eigenvalue weighted by molar-refractivity contribution is 0.0939. The van der Waals surface area contributed by atoms with Gasteiger partial charge in [0.2, 0.25) is 10.0 Å². The van der Waals surface area contributed by atoms with Crippen LogP contribution in [-0.4, -0.2) is 46.4 Å². The fourth-order valence-corrected chi connectivity index (χ4v) is 6.01. The summed E-state index contributed by atoms with van der Waals surface area (Å²) in [5, 5.41) is 2.95. The molecule has 3 rings (SSSR count). The molecule has 32 heavy (non-hydrogen) atoms. The third-order valence-electron chi connectivity index (χ3n) is 5.54. The number of benzene rings is 2. The number of nitrogens with zero attached hydrogens (tertiary/aromatic N) is 1. The van der Waals surface area contributed by atoms with Crippen molar-refractivity contribution in [3.8, 4) is 0 Å². The van der Waals surface area contributed by atoms with Gasteiger partial charge in [-0.05, 0) is 55.7 Å². The Kier molecular flexibility index (Phi) is 7.65. The van der Waals surface area contributed by atoms with E-state index in [1.165, 1.54) is 34.6 Å². The first kappa shape index (κ1) is 24.7. The molecule has 1 heterocycles. The summed E-state index contributed by atoms with van der Waals surface area (Å²) in [5.41, 5.74) is 0.775. The quantitative estimate of drug-likeness (QED) is 0.652. The van der Waals surface area contributed by atoms with E-state index in [1.54, 1.807) is 19.1 Å². The summed E-state index contributed by atoms with van der Waals surface area (Å²) in [5.74, 6) is -0.511. The van der Waals surface area contributed by atoms with E-state index in [0.29, 0.717) is 18.7 Å². The van der Waals surface area contributed by atoms with Gasteiger partial charge >= 0.3 is 0 Å². The topological polar surface area (TPSA) is 101 Å². The van der Waals surface area contributed by atoms with Crippen molar-refractivity contribution >= 4 is 37.4 Å². The Hall–Kier alpha value is -1.94. The van der Waals surface area contributed by atoms with E-state index in [0.717, 1.165) is 31.9 Å². The van der Waals surface area contributed by atoms with Crippen molar-refractivity contribution in [2.45, 2.75) is 48.4 Å². The van der Waals surface area contributed by atoms with Gasteiger partial charge in [-0.25, -0.2) is 16.8 Å². The van der Waals surface area contributed by atoms with Gasteiger partial charge < -0.3 is 5.32 Å². The molecule has 0 spiro atoms. The van der Waals surface area contributed by atoms with Crippen LogP contribution in [0.4, 0.5) is 0 Å². The Bertz CT molecular complexity index is 1190. The van der Waals surface area contributed by atoms with Crippen LogP contribution in [0.5, 0.6) is 0 Å². The zero-order chi connectivity index (χ0) is 23.5. The molecule has 1 saturated heterocycles. The van der Waals surface area contributed by atoms with Crippen molar-refractivity contribution in [2.75, 3.05) is 19.3 Å². The highest BCUT2D eigenvalue weighted by Crippen LogP contribution is 2.26. The first-order valence-corrected chi connectivity index (χ1v) is 14.1. The maximum Gasteiger partial charge on any atom is 0.253 e. The van der Waals surface area contributed by atoms with Crippen LogP contribution >= 0.6 is 11.6 Å². The van der Waals surface area contributed by atoms with Crippen molar-refractivity contribution in [1.29, 1.82) is 0 Å². The van der Waals surface area contributed by atoms with Crippen LogP contribution in [0, 0.1) is 0 Å². The number of halogens is 1. The van der Waals surface area contributed by atoms with Gasteiger partial charge in [0.05, 0.1) is 26.4 Å². The lowest BCUT2D eigenvalue weighted by Gasteiger charge is -2.21. The molecule has 2 aromatic carbocycles. The summed E-state index contributed by atoms with van der Waals surface area (Å²) in [6.45, 7) is 2.68. The molecule has 1 fully saturated rings. The predicted octanol–water partition coefficient (Wildman–Crippen LogP) is 3.80. The summed E-state index contributed by atoms with van der Waals surface area (Å²) in [6, 6.07) is 9.94. The Morgan fingerprint density at radius 1 is 0.938 bits per heavy atom. The van der Waals surface area contributed by atoms with E-state index in [2.05, 4.69) is 5.32 Å². The Morgan fingerprint density at radius 3 is 2.06 bits per heavy atom. The number of hydrogen-bond donors (Lipinski definition) is 1. The SMILES string of the molecule is C[C@@H](NC(=O)c1cc(S(=O)(=O)N2CCCCCC2)ccc1Cl)c1ccc(S(C)(=O)=O)cc1. The minimum Gasteiger partial charge on any atom is -0.345 e. The van der Waals surface area contributed by atoms with E-state index in [4.69, 9.17) is 11.6 Å². The second-order valence-corrected chi connectivity index (χ2v) is 12.4. The summed E-state index contributed by atoms with van der Waals surface area (Å²) < 4.78 is 50.9. The molecule has 0 aliphatic carbocycles. The van der Waals surface area contributed by atoms with Crippen molar-refractivity contribution in [3.63, 3.8) is 0 Å². The summed E-state index contributed by atoms with van der Waals surface area (Å²) in [7, 11) is -7.03. The third kappa shape index (κ3) is 5.70. The van der Waals surface area contributed by atoms with Crippen LogP contribution in [0.1, 0.15) is 54.6 Å². The average molecular weight is 499 g/mol. The van der Waals surface area contributed by atoms with Gasteiger partial charge in [0.25, 0.3) is 5.91 Å². The highest BCUT2D eigenvalue weighted by Gasteiger charge is 2.27. The molecule has 0 radical (unpaired) electrons. The normalized spacial score (nSPS) is 16.8. The van der Waals surface area contributed by atoms with Gasteiger partial charge in [-0.3, -0.25) is 4.79 Å². The van der Waals surface area contributed by atoms with Gasteiger partial charge in [-0.15, -0.1) is 0 Å². The summed E-state index contributed by atoms with van der Waals surface area (Å²) in [4.78, 5) is 13.1. The van der Waals surface area contributed by atoms with E-state index in [9.17, 15) is 21.6 Å². The lowest BCUT2D eigenvalue weighted by Crippen LogP contribution is -2.32. The highest BCUT2D eigenvalue weighted by molar-refractivity contribution is 7.90. The number of sulfonamides is 1. The molecule has 0 bridgehead atoms. The maximum absolute atomic E-state index is 13.1. The molecular weight excluding hydrogens is 472 g/mol. The van der Waals surface area contributed by atoms with Crippen molar-refractivity contribution in [3.05, 3.63) is 58.6 Å². The monoisotopic (exact) mass is 498 g/mol. The van der Waals surface area contributed by atoms with Crippen LogP contribution in [0.3, 0.4) is 0 Å².